The zero-order chi connectivity index (χ0) is 21.3. The molecule has 0 unspecified atom stereocenters. The van der Waals surface area contributed by atoms with Gasteiger partial charge in [0, 0.05) is 25.8 Å². The summed E-state index contributed by atoms with van der Waals surface area (Å²) < 4.78 is 9.49. The van der Waals surface area contributed by atoms with E-state index in [0.29, 0.717) is 42.3 Å². The summed E-state index contributed by atoms with van der Waals surface area (Å²) in [6.07, 6.45) is 2.74. The molecule has 30 heavy (non-hydrogen) atoms. The van der Waals surface area contributed by atoms with Crippen LogP contribution in [0.2, 0.25) is 0 Å². The lowest BCUT2D eigenvalue weighted by Crippen LogP contribution is -2.27. The molecule has 1 amide bonds. The minimum atomic E-state index is -0.0167. The number of ether oxygens (including phenoxy) is 1. The third kappa shape index (κ3) is 5.41. The van der Waals surface area contributed by atoms with Crippen molar-refractivity contribution in [3.63, 3.8) is 0 Å². The number of aromatic nitrogens is 5. The molecule has 3 rings (SSSR count). The van der Waals surface area contributed by atoms with Crippen LogP contribution in [0, 0.1) is 0 Å². The minimum Gasteiger partial charge on any atom is -0.476 e. The first-order valence-electron chi connectivity index (χ1n) is 10.2. The molecule has 8 nitrogen and oxygen atoms in total. The third-order valence-electron chi connectivity index (χ3n) is 4.52. The van der Waals surface area contributed by atoms with Gasteiger partial charge in [-0.2, -0.15) is 0 Å². The monoisotopic (exact) mass is 428 g/mol. The SMILES string of the molecule is CCOc1nn(CC)cc1-c1nnc(SCC(=O)NCCc2ccccc2)n1CC. The Morgan fingerprint density at radius 2 is 1.93 bits per heavy atom. The number of carbonyl (C=O) groups excluding carboxylic acids is 1. The van der Waals surface area contributed by atoms with Gasteiger partial charge in [0.15, 0.2) is 11.0 Å². The molecule has 2 aromatic heterocycles. The normalized spacial score (nSPS) is 10.9. The second-order valence-corrected chi connectivity index (χ2v) is 7.50. The zero-order valence-corrected chi connectivity index (χ0v) is 18.5. The molecular weight excluding hydrogens is 400 g/mol. The van der Waals surface area contributed by atoms with E-state index in [-0.39, 0.29) is 5.91 Å². The average molecular weight is 429 g/mol. The highest BCUT2D eigenvalue weighted by Crippen LogP contribution is 2.30. The van der Waals surface area contributed by atoms with Crippen LogP contribution in [0.1, 0.15) is 26.3 Å². The fraction of sp³-hybridized carbons (Fsp3) is 0.429. The maximum atomic E-state index is 12.2. The van der Waals surface area contributed by atoms with Crippen LogP contribution >= 0.6 is 11.8 Å². The van der Waals surface area contributed by atoms with E-state index in [0.717, 1.165) is 18.5 Å². The van der Waals surface area contributed by atoms with E-state index >= 15 is 0 Å². The van der Waals surface area contributed by atoms with Gasteiger partial charge in [-0.15, -0.1) is 15.3 Å². The summed E-state index contributed by atoms with van der Waals surface area (Å²) in [6.45, 7) is 8.54. The Balaban J connectivity index is 1.62. The molecule has 0 fully saturated rings. The van der Waals surface area contributed by atoms with Gasteiger partial charge in [-0.3, -0.25) is 9.48 Å². The highest BCUT2D eigenvalue weighted by atomic mass is 32.2. The van der Waals surface area contributed by atoms with Gasteiger partial charge in [0.25, 0.3) is 0 Å². The highest BCUT2D eigenvalue weighted by molar-refractivity contribution is 7.99. The van der Waals surface area contributed by atoms with Gasteiger partial charge in [-0.25, -0.2) is 0 Å². The van der Waals surface area contributed by atoms with Crippen LogP contribution in [0.5, 0.6) is 5.88 Å². The Labute approximate surface area is 181 Å². The van der Waals surface area contributed by atoms with E-state index in [2.05, 4.69) is 32.7 Å². The number of thioether (sulfide) groups is 1. The quantitative estimate of drug-likeness (QED) is 0.473. The molecule has 9 heteroatoms. The van der Waals surface area contributed by atoms with E-state index in [1.54, 1.807) is 0 Å². The summed E-state index contributed by atoms with van der Waals surface area (Å²) in [4.78, 5) is 12.2. The summed E-state index contributed by atoms with van der Waals surface area (Å²) in [5, 5.41) is 16.8. The molecule has 0 bridgehead atoms. The maximum absolute atomic E-state index is 12.2. The number of aryl methyl sites for hydroxylation is 1. The van der Waals surface area contributed by atoms with Crippen molar-refractivity contribution in [2.24, 2.45) is 0 Å². The molecule has 0 spiro atoms. The van der Waals surface area contributed by atoms with Crippen LogP contribution in [0.3, 0.4) is 0 Å². The summed E-state index contributed by atoms with van der Waals surface area (Å²) in [7, 11) is 0. The second-order valence-electron chi connectivity index (χ2n) is 6.56. The highest BCUT2D eigenvalue weighted by Gasteiger charge is 2.20. The minimum absolute atomic E-state index is 0.0167. The molecule has 0 radical (unpaired) electrons. The van der Waals surface area contributed by atoms with Crippen molar-refractivity contribution in [2.75, 3.05) is 18.9 Å². The van der Waals surface area contributed by atoms with Gasteiger partial charge in [0.2, 0.25) is 11.8 Å². The molecule has 0 aliphatic rings. The van der Waals surface area contributed by atoms with Gasteiger partial charge in [0.05, 0.1) is 12.4 Å². The van der Waals surface area contributed by atoms with E-state index < -0.39 is 0 Å². The predicted molar refractivity (Wildman–Crippen MR) is 118 cm³/mol. The number of carbonyl (C=O) groups is 1. The maximum Gasteiger partial charge on any atom is 0.243 e. The van der Waals surface area contributed by atoms with E-state index in [9.17, 15) is 4.79 Å². The van der Waals surface area contributed by atoms with Crippen LogP contribution in [-0.2, 0) is 24.3 Å². The van der Waals surface area contributed by atoms with Crippen LogP contribution in [-0.4, -0.2) is 49.4 Å². The van der Waals surface area contributed by atoms with Gasteiger partial charge in [-0.05, 0) is 32.8 Å². The summed E-state index contributed by atoms with van der Waals surface area (Å²) in [5.41, 5.74) is 2.02. The first kappa shape index (κ1) is 21.9. The summed E-state index contributed by atoms with van der Waals surface area (Å²) in [6, 6.07) is 10.1. The number of hydrogen-bond acceptors (Lipinski definition) is 6. The van der Waals surface area contributed by atoms with Crippen molar-refractivity contribution in [1.29, 1.82) is 0 Å². The smallest absolute Gasteiger partial charge is 0.243 e. The van der Waals surface area contributed by atoms with Gasteiger partial charge in [0.1, 0.15) is 5.56 Å². The molecule has 1 N–H and O–H groups in total. The zero-order valence-electron chi connectivity index (χ0n) is 17.7. The van der Waals surface area contributed by atoms with E-state index in [1.807, 2.05) is 54.4 Å². The number of benzene rings is 1. The molecular formula is C21H28N6O2S. The molecule has 0 saturated carbocycles. The Morgan fingerprint density at radius 1 is 1.13 bits per heavy atom. The summed E-state index contributed by atoms with van der Waals surface area (Å²) in [5.74, 6) is 1.53. The Hall–Kier alpha value is -2.81. The Kier molecular flexibility index (Phi) is 7.89. The number of amides is 1. The first-order valence-corrected chi connectivity index (χ1v) is 11.2. The number of rotatable bonds is 11. The van der Waals surface area contributed by atoms with Gasteiger partial charge in [-0.1, -0.05) is 42.1 Å². The third-order valence-corrected chi connectivity index (χ3v) is 5.48. The van der Waals surface area contributed by atoms with Crippen molar-refractivity contribution in [1.82, 2.24) is 29.9 Å². The lowest BCUT2D eigenvalue weighted by molar-refractivity contribution is -0.118. The largest absolute Gasteiger partial charge is 0.476 e. The summed E-state index contributed by atoms with van der Waals surface area (Å²) >= 11 is 1.38. The molecule has 0 atom stereocenters. The topological polar surface area (TPSA) is 86.9 Å². The van der Waals surface area contributed by atoms with Crippen molar-refractivity contribution in [3.05, 3.63) is 42.1 Å². The van der Waals surface area contributed by atoms with Crippen LogP contribution in [0.15, 0.2) is 41.7 Å². The lowest BCUT2D eigenvalue weighted by Gasteiger charge is -2.08. The fourth-order valence-corrected chi connectivity index (χ4v) is 3.85. The Bertz CT molecular complexity index is 954. The standard InChI is InChI=1S/C21H28N6O2S/c1-4-26-14-17(20(25-26)29-6-3)19-23-24-21(27(19)5-2)30-15-18(28)22-13-12-16-10-8-7-9-11-16/h7-11,14H,4-6,12-13,15H2,1-3H3,(H,22,28). The molecule has 160 valence electrons. The lowest BCUT2D eigenvalue weighted by atomic mass is 10.1. The molecule has 1 aromatic carbocycles. The van der Waals surface area contributed by atoms with Crippen LogP contribution < -0.4 is 10.1 Å². The van der Waals surface area contributed by atoms with Crippen molar-refractivity contribution < 1.29 is 9.53 Å². The van der Waals surface area contributed by atoms with E-state index in [4.69, 9.17) is 4.74 Å². The van der Waals surface area contributed by atoms with Crippen molar-refractivity contribution >= 4 is 17.7 Å². The molecule has 3 aromatic rings. The Morgan fingerprint density at radius 3 is 2.63 bits per heavy atom. The van der Waals surface area contributed by atoms with Crippen molar-refractivity contribution in [3.8, 4) is 17.3 Å². The molecule has 2 heterocycles. The van der Waals surface area contributed by atoms with Crippen LogP contribution in [0.4, 0.5) is 0 Å². The van der Waals surface area contributed by atoms with Gasteiger partial charge >= 0.3 is 0 Å². The average Bonchev–Trinajstić information content (AvgIpc) is 3.36. The predicted octanol–water partition coefficient (Wildman–Crippen LogP) is 3.03. The van der Waals surface area contributed by atoms with Crippen LogP contribution in [0.25, 0.3) is 11.4 Å². The van der Waals surface area contributed by atoms with Crippen molar-refractivity contribution in [2.45, 2.75) is 45.4 Å². The number of hydrogen-bond donors (Lipinski definition) is 1. The number of nitrogens with zero attached hydrogens (tertiary/aromatic N) is 5. The number of nitrogens with one attached hydrogen (secondary N) is 1. The molecule has 0 aliphatic heterocycles. The second kappa shape index (κ2) is 10.8. The van der Waals surface area contributed by atoms with Gasteiger partial charge < -0.3 is 14.6 Å². The van der Waals surface area contributed by atoms with E-state index in [1.165, 1.54) is 17.3 Å². The molecule has 0 aliphatic carbocycles. The molecule has 0 saturated heterocycles. The fourth-order valence-electron chi connectivity index (χ4n) is 3.01. The first-order chi connectivity index (χ1) is 14.7.